The quantitative estimate of drug-likeness (QED) is 0.447. The summed E-state index contributed by atoms with van der Waals surface area (Å²) in [5, 5.41) is 13.9. The molecule has 2 aromatic rings. The van der Waals surface area contributed by atoms with Crippen molar-refractivity contribution in [2.75, 3.05) is 18.2 Å². The Bertz CT molecular complexity index is 853. The fraction of sp³-hybridized carbons (Fsp3) is 0.214. The second kappa shape index (κ2) is 8.28. The maximum absolute atomic E-state index is 11.9. The van der Waals surface area contributed by atoms with Gasteiger partial charge in [-0.05, 0) is 11.4 Å². The molecular formula is C14H12N4O4S2. The third kappa shape index (κ3) is 4.94. The van der Waals surface area contributed by atoms with Crippen molar-refractivity contribution in [3.63, 3.8) is 0 Å². The largest absolute Gasteiger partial charge is 0.469 e. The lowest BCUT2D eigenvalue weighted by Gasteiger charge is -2.04. The number of nitriles is 1. The maximum atomic E-state index is 11.9. The Hall–Kier alpha value is -2.64. The van der Waals surface area contributed by atoms with E-state index in [4.69, 9.17) is 5.26 Å². The number of nitrogens with zero attached hydrogens (tertiary/aromatic N) is 2. The van der Waals surface area contributed by atoms with Gasteiger partial charge >= 0.3 is 5.97 Å². The molecule has 2 N–H and O–H groups in total. The summed E-state index contributed by atoms with van der Waals surface area (Å²) >= 11 is 2.27. The highest BCUT2D eigenvalue weighted by molar-refractivity contribution is 7.99. The van der Waals surface area contributed by atoms with Crippen LogP contribution in [0.3, 0.4) is 0 Å². The number of aromatic amines is 1. The molecule has 0 spiro atoms. The summed E-state index contributed by atoms with van der Waals surface area (Å²) < 4.78 is 4.53. The molecule has 0 aromatic carbocycles. The highest BCUT2D eigenvalue weighted by Crippen LogP contribution is 2.22. The molecule has 124 valence electrons. The molecule has 0 saturated carbocycles. The number of esters is 1. The number of hydrogen-bond acceptors (Lipinski definition) is 8. The summed E-state index contributed by atoms with van der Waals surface area (Å²) in [6.07, 6.45) is -0.124. The van der Waals surface area contributed by atoms with Gasteiger partial charge in [-0.15, -0.1) is 11.3 Å². The van der Waals surface area contributed by atoms with Gasteiger partial charge in [0.2, 0.25) is 5.91 Å². The van der Waals surface area contributed by atoms with Crippen molar-refractivity contribution in [2.45, 2.75) is 11.6 Å². The zero-order valence-electron chi connectivity index (χ0n) is 12.5. The Morgan fingerprint density at radius 3 is 3.04 bits per heavy atom. The molecular weight excluding hydrogens is 352 g/mol. The van der Waals surface area contributed by atoms with Crippen LogP contribution in [-0.4, -0.2) is 34.7 Å². The summed E-state index contributed by atoms with van der Waals surface area (Å²) in [4.78, 5) is 41.3. The minimum absolute atomic E-state index is 0.00656. The molecule has 2 heterocycles. The number of ether oxygens (including phenoxy) is 1. The first-order valence-corrected chi connectivity index (χ1v) is 8.45. The topological polar surface area (TPSA) is 125 Å². The minimum Gasteiger partial charge on any atom is -0.469 e. The first kappa shape index (κ1) is 17.7. The Balaban J connectivity index is 1.98. The fourth-order valence-electron chi connectivity index (χ4n) is 1.65. The zero-order chi connectivity index (χ0) is 17.5. The summed E-state index contributed by atoms with van der Waals surface area (Å²) in [7, 11) is 1.25. The van der Waals surface area contributed by atoms with Crippen molar-refractivity contribution in [2.24, 2.45) is 0 Å². The van der Waals surface area contributed by atoms with Crippen molar-refractivity contribution >= 4 is 40.0 Å². The van der Waals surface area contributed by atoms with Gasteiger partial charge in [-0.3, -0.25) is 14.4 Å². The molecule has 0 unspecified atom stereocenters. The molecule has 0 aliphatic carbocycles. The molecule has 10 heteroatoms. The van der Waals surface area contributed by atoms with E-state index in [2.05, 4.69) is 20.0 Å². The standard InChI is InChI=1S/C14H12N4O4S2/c1-22-12(21)5-9-4-10(19)18-14(16-9)24-7-11(20)17-13-8(6-15)2-3-23-13/h2-4H,5,7H2,1H3,(H,17,20)(H,16,18,19). The van der Waals surface area contributed by atoms with Gasteiger partial charge in [-0.1, -0.05) is 11.8 Å². The minimum atomic E-state index is -0.511. The van der Waals surface area contributed by atoms with Crippen molar-refractivity contribution in [1.29, 1.82) is 5.26 Å². The summed E-state index contributed by atoms with van der Waals surface area (Å²) in [6, 6.07) is 4.79. The smallest absolute Gasteiger partial charge is 0.311 e. The maximum Gasteiger partial charge on any atom is 0.311 e. The first-order chi connectivity index (χ1) is 11.5. The van der Waals surface area contributed by atoms with Crippen molar-refractivity contribution in [3.8, 4) is 6.07 Å². The van der Waals surface area contributed by atoms with Crippen LogP contribution in [0, 0.1) is 11.3 Å². The van der Waals surface area contributed by atoms with E-state index in [-0.39, 0.29) is 28.9 Å². The van der Waals surface area contributed by atoms with E-state index in [0.29, 0.717) is 10.6 Å². The third-order valence-electron chi connectivity index (χ3n) is 2.70. The van der Waals surface area contributed by atoms with E-state index in [1.807, 2.05) is 6.07 Å². The number of amides is 1. The number of carbonyl (C=O) groups is 2. The van der Waals surface area contributed by atoms with Crippen LogP contribution in [-0.2, 0) is 20.7 Å². The molecule has 0 aliphatic heterocycles. The number of hydrogen-bond donors (Lipinski definition) is 2. The molecule has 2 rings (SSSR count). The number of rotatable bonds is 6. The molecule has 2 aromatic heterocycles. The molecule has 0 aliphatic rings. The number of H-pyrrole nitrogens is 1. The summed E-state index contributed by atoms with van der Waals surface area (Å²) in [6.45, 7) is 0. The number of nitrogens with one attached hydrogen (secondary N) is 2. The molecule has 24 heavy (non-hydrogen) atoms. The highest BCUT2D eigenvalue weighted by Gasteiger charge is 2.11. The number of aromatic nitrogens is 2. The van der Waals surface area contributed by atoms with Crippen LogP contribution in [0.25, 0.3) is 0 Å². The van der Waals surface area contributed by atoms with Gasteiger partial charge in [0.15, 0.2) is 5.16 Å². The van der Waals surface area contributed by atoms with E-state index in [9.17, 15) is 14.4 Å². The monoisotopic (exact) mass is 364 g/mol. The Morgan fingerprint density at radius 2 is 2.33 bits per heavy atom. The van der Waals surface area contributed by atoms with Crippen molar-refractivity contribution in [1.82, 2.24) is 9.97 Å². The number of carbonyl (C=O) groups excluding carboxylic acids is 2. The van der Waals surface area contributed by atoms with E-state index in [1.54, 1.807) is 11.4 Å². The lowest BCUT2D eigenvalue weighted by atomic mass is 10.3. The Labute approximate surface area is 144 Å². The number of anilines is 1. The lowest BCUT2D eigenvalue weighted by molar-refractivity contribution is -0.139. The predicted molar refractivity (Wildman–Crippen MR) is 89.0 cm³/mol. The van der Waals surface area contributed by atoms with Crippen LogP contribution >= 0.6 is 23.1 Å². The molecule has 0 bridgehead atoms. The SMILES string of the molecule is COC(=O)Cc1cc(=O)[nH]c(SCC(=O)Nc2sccc2C#N)n1. The predicted octanol–water partition coefficient (Wildman–Crippen LogP) is 1.15. The van der Waals surface area contributed by atoms with Gasteiger partial charge in [0.1, 0.15) is 11.1 Å². The molecule has 0 atom stereocenters. The van der Waals surface area contributed by atoms with Crippen LogP contribution in [0.5, 0.6) is 0 Å². The van der Waals surface area contributed by atoms with Gasteiger partial charge in [-0.2, -0.15) is 5.26 Å². The van der Waals surface area contributed by atoms with Gasteiger partial charge in [0, 0.05) is 6.07 Å². The van der Waals surface area contributed by atoms with E-state index < -0.39 is 11.5 Å². The van der Waals surface area contributed by atoms with Gasteiger partial charge in [-0.25, -0.2) is 4.98 Å². The van der Waals surface area contributed by atoms with E-state index >= 15 is 0 Å². The average molecular weight is 364 g/mol. The normalized spacial score (nSPS) is 10.0. The average Bonchev–Trinajstić information content (AvgIpc) is 2.99. The van der Waals surface area contributed by atoms with Gasteiger partial charge in [0.05, 0.1) is 30.5 Å². The van der Waals surface area contributed by atoms with Crippen molar-refractivity contribution < 1.29 is 14.3 Å². The Kier molecular flexibility index (Phi) is 6.11. The van der Waals surface area contributed by atoms with Crippen LogP contribution in [0.1, 0.15) is 11.3 Å². The van der Waals surface area contributed by atoms with Crippen LogP contribution in [0.15, 0.2) is 27.5 Å². The summed E-state index contributed by atoms with van der Waals surface area (Å²) in [5.41, 5.74) is 0.236. The number of thioether (sulfide) groups is 1. The first-order valence-electron chi connectivity index (χ1n) is 6.59. The highest BCUT2D eigenvalue weighted by atomic mass is 32.2. The fourth-order valence-corrected chi connectivity index (χ4v) is 3.10. The van der Waals surface area contributed by atoms with E-state index in [0.717, 1.165) is 11.8 Å². The second-order valence-corrected chi connectivity index (χ2v) is 6.29. The molecule has 0 fully saturated rings. The molecule has 1 amide bonds. The molecule has 8 nitrogen and oxygen atoms in total. The van der Waals surface area contributed by atoms with Crippen LogP contribution in [0.4, 0.5) is 5.00 Å². The third-order valence-corrected chi connectivity index (χ3v) is 4.41. The molecule has 0 radical (unpaired) electrons. The number of methoxy groups -OCH3 is 1. The Morgan fingerprint density at radius 1 is 1.54 bits per heavy atom. The van der Waals surface area contributed by atoms with Crippen LogP contribution < -0.4 is 10.9 Å². The zero-order valence-corrected chi connectivity index (χ0v) is 14.1. The lowest BCUT2D eigenvalue weighted by Crippen LogP contribution is -2.16. The van der Waals surface area contributed by atoms with E-state index in [1.165, 1.54) is 24.5 Å². The molecule has 0 saturated heterocycles. The number of thiophene rings is 1. The summed E-state index contributed by atoms with van der Waals surface area (Å²) in [5.74, 6) is -0.851. The van der Waals surface area contributed by atoms with Gasteiger partial charge in [0.25, 0.3) is 5.56 Å². The van der Waals surface area contributed by atoms with Crippen molar-refractivity contribution in [3.05, 3.63) is 39.1 Å². The second-order valence-electron chi connectivity index (χ2n) is 4.41. The van der Waals surface area contributed by atoms with Gasteiger partial charge < -0.3 is 15.0 Å². The van der Waals surface area contributed by atoms with Crippen LogP contribution in [0.2, 0.25) is 0 Å².